The number of phenolic OH excluding ortho intramolecular Hbond substituents is 2. The van der Waals surface area contributed by atoms with E-state index in [2.05, 4.69) is 10.2 Å². The van der Waals surface area contributed by atoms with Crippen LogP contribution >= 0.6 is 11.8 Å². The maximum Gasteiger partial charge on any atom is 0.128 e. The predicted octanol–water partition coefficient (Wildman–Crippen LogP) is 3.78. The molecule has 0 unspecified atom stereocenters. The number of aromatic amines is 1. The van der Waals surface area contributed by atoms with E-state index >= 15 is 0 Å². The Bertz CT molecular complexity index is 772. The summed E-state index contributed by atoms with van der Waals surface area (Å²) in [4.78, 5) is 1.65. The van der Waals surface area contributed by atoms with Gasteiger partial charge in [-0.3, -0.25) is 5.10 Å². The fourth-order valence-electron chi connectivity index (χ4n) is 1.91. The van der Waals surface area contributed by atoms with Crippen molar-refractivity contribution >= 4 is 11.8 Å². The first-order chi connectivity index (χ1) is 10.1. The summed E-state index contributed by atoms with van der Waals surface area (Å²) in [5.74, 6) is -0.341. The van der Waals surface area contributed by atoms with Gasteiger partial charge in [0.05, 0.1) is 16.8 Å². The Kier molecular flexibility index (Phi) is 3.53. The Balaban J connectivity index is 1.95. The molecule has 0 saturated heterocycles. The van der Waals surface area contributed by atoms with Crippen LogP contribution < -0.4 is 0 Å². The normalized spacial score (nSPS) is 10.7. The molecular formula is C15H11FN2O2S. The number of nitrogens with one attached hydrogen (secondary N) is 1. The number of hydrogen-bond donors (Lipinski definition) is 3. The third-order valence-corrected chi connectivity index (χ3v) is 3.93. The fraction of sp³-hybridized carbons (Fsp3) is 0. The summed E-state index contributed by atoms with van der Waals surface area (Å²) in [6, 6.07) is 10.5. The van der Waals surface area contributed by atoms with Crippen LogP contribution in [0, 0.1) is 5.82 Å². The van der Waals surface area contributed by atoms with Crippen LogP contribution in [0.3, 0.4) is 0 Å². The first-order valence-electron chi connectivity index (χ1n) is 6.12. The van der Waals surface area contributed by atoms with Gasteiger partial charge in [0.1, 0.15) is 17.3 Å². The predicted molar refractivity (Wildman–Crippen MR) is 77.9 cm³/mol. The van der Waals surface area contributed by atoms with Gasteiger partial charge in [0, 0.05) is 16.5 Å². The van der Waals surface area contributed by atoms with Crippen molar-refractivity contribution in [3.8, 4) is 22.8 Å². The number of rotatable bonds is 3. The van der Waals surface area contributed by atoms with Crippen LogP contribution in [0.5, 0.6) is 11.5 Å². The zero-order valence-electron chi connectivity index (χ0n) is 10.7. The van der Waals surface area contributed by atoms with Gasteiger partial charge >= 0.3 is 0 Å². The SMILES string of the molecule is Oc1ccc(-c2[nH]ncc2Sc2ccc(F)cc2)c(O)c1. The smallest absolute Gasteiger partial charge is 0.128 e. The van der Waals surface area contributed by atoms with Gasteiger partial charge < -0.3 is 10.2 Å². The minimum atomic E-state index is -0.289. The quantitative estimate of drug-likeness (QED) is 0.688. The average Bonchev–Trinajstić information content (AvgIpc) is 2.89. The molecule has 6 heteroatoms. The van der Waals surface area contributed by atoms with Crippen LogP contribution in [-0.4, -0.2) is 20.4 Å². The van der Waals surface area contributed by atoms with Gasteiger partial charge in [0.15, 0.2) is 0 Å². The lowest BCUT2D eigenvalue weighted by Gasteiger charge is -2.06. The Morgan fingerprint density at radius 3 is 2.52 bits per heavy atom. The molecule has 106 valence electrons. The molecular weight excluding hydrogens is 291 g/mol. The van der Waals surface area contributed by atoms with E-state index in [-0.39, 0.29) is 17.3 Å². The van der Waals surface area contributed by atoms with Crippen molar-refractivity contribution in [2.45, 2.75) is 9.79 Å². The van der Waals surface area contributed by atoms with E-state index in [1.807, 2.05) is 0 Å². The standard InChI is InChI=1S/C15H11FN2O2S/c16-9-1-4-11(5-2-9)21-14-8-17-18-15(14)12-6-3-10(19)7-13(12)20/h1-8,19-20H,(H,17,18). The molecule has 0 saturated carbocycles. The number of H-pyrrole nitrogens is 1. The fourth-order valence-corrected chi connectivity index (χ4v) is 2.80. The van der Waals surface area contributed by atoms with Crippen LogP contribution in [0.1, 0.15) is 0 Å². The molecule has 3 aromatic rings. The van der Waals surface area contributed by atoms with E-state index in [1.54, 1.807) is 24.4 Å². The molecule has 0 aliphatic heterocycles. The number of hydrogen-bond acceptors (Lipinski definition) is 4. The highest BCUT2D eigenvalue weighted by Crippen LogP contribution is 2.38. The number of phenols is 2. The Morgan fingerprint density at radius 2 is 1.81 bits per heavy atom. The van der Waals surface area contributed by atoms with Crippen molar-refractivity contribution in [1.29, 1.82) is 0 Å². The lowest BCUT2D eigenvalue weighted by molar-refractivity contribution is 0.451. The van der Waals surface area contributed by atoms with E-state index in [4.69, 9.17) is 0 Å². The lowest BCUT2D eigenvalue weighted by Crippen LogP contribution is -1.82. The number of nitrogens with zero attached hydrogens (tertiary/aromatic N) is 1. The van der Waals surface area contributed by atoms with Crippen molar-refractivity contribution in [1.82, 2.24) is 10.2 Å². The van der Waals surface area contributed by atoms with Gasteiger partial charge in [-0.05, 0) is 36.4 Å². The number of aromatic hydroxyl groups is 2. The topological polar surface area (TPSA) is 69.1 Å². The van der Waals surface area contributed by atoms with Gasteiger partial charge in [-0.2, -0.15) is 5.10 Å². The number of halogens is 1. The maximum absolute atomic E-state index is 12.9. The monoisotopic (exact) mass is 302 g/mol. The Hall–Kier alpha value is -2.47. The molecule has 3 N–H and O–H groups in total. The third-order valence-electron chi connectivity index (χ3n) is 2.90. The summed E-state index contributed by atoms with van der Waals surface area (Å²) in [5, 5.41) is 26.1. The molecule has 3 rings (SSSR count). The van der Waals surface area contributed by atoms with Crippen molar-refractivity contribution in [3.05, 3.63) is 54.5 Å². The Morgan fingerprint density at radius 1 is 1.05 bits per heavy atom. The van der Waals surface area contributed by atoms with E-state index in [9.17, 15) is 14.6 Å². The second-order valence-corrected chi connectivity index (χ2v) is 5.48. The third kappa shape index (κ3) is 2.85. The molecule has 0 fully saturated rings. The molecule has 21 heavy (non-hydrogen) atoms. The first-order valence-corrected chi connectivity index (χ1v) is 6.94. The van der Waals surface area contributed by atoms with Crippen molar-refractivity contribution in [3.63, 3.8) is 0 Å². The molecule has 1 heterocycles. The summed E-state index contributed by atoms with van der Waals surface area (Å²) in [5.41, 5.74) is 1.18. The van der Waals surface area contributed by atoms with Crippen LogP contribution in [0.4, 0.5) is 4.39 Å². The zero-order valence-corrected chi connectivity index (χ0v) is 11.6. The average molecular weight is 302 g/mol. The van der Waals surface area contributed by atoms with Gasteiger partial charge in [0.25, 0.3) is 0 Å². The molecule has 1 aromatic heterocycles. The second-order valence-electron chi connectivity index (χ2n) is 4.37. The van der Waals surface area contributed by atoms with E-state index in [0.717, 1.165) is 9.79 Å². The van der Waals surface area contributed by atoms with Crippen molar-refractivity contribution < 1.29 is 14.6 Å². The van der Waals surface area contributed by atoms with Crippen molar-refractivity contribution in [2.24, 2.45) is 0 Å². The molecule has 0 aliphatic rings. The highest BCUT2D eigenvalue weighted by atomic mass is 32.2. The van der Waals surface area contributed by atoms with Gasteiger partial charge in [0.2, 0.25) is 0 Å². The highest BCUT2D eigenvalue weighted by Gasteiger charge is 2.13. The van der Waals surface area contributed by atoms with Gasteiger partial charge in [-0.1, -0.05) is 11.8 Å². The molecule has 2 aromatic carbocycles. The van der Waals surface area contributed by atoms with Crippen LogP contribution in [-0.2, 0) is 0 Å². The van der Waals surface area contributed by atoms with E-state index < -0.39 is 0 Å². The Labute approximate surface area is 124 Å². The largest absolute Gasteiger partial charge is 0.508 e. The number of aromatic nitrogens is 2. The molecule has 4 nitrogen and oxygen atoms in total. The van der Waals surface area contributed by atoms with Crippen molar-refractivity contribution in [2.75, 3.05) is 0 Å². The van der Waals surface area contributed by atoms with Crippen LogP contribution in [0.15, 0.2) is 58.5 Å². The van der Waals surface area contributed by atoms with E-state index in [1.165, 1.54) is 36.0 Å². The summed E-state index contributed by atoms with van der Waals surface area (Å²) in [6.45, 7) is 0. The van der Waals surface area contributed by atoms with Gasteiger partial charge in [-0.25, -0.2) is 4.39 Å². The first kappa shape index (κ1) is 13.5. The summed E-state index contributed by atoms with van der Waals surface area (Å²) >= 11 is 1.40. The number of benzene rings is 2. The summed E-state index contributed by atoms with van der Waals surface area (Å²) in [6.07, 6.45) is 1.63. The minimum absolute atomic E-state index is 0.0106. The van der Waals surface area contributed by atoms with Gasteiger partial charge in [-0.15, -0.1) is 0 Å². The summed E-state index contributed by atoms with van der Waals surface area (Å²) < 4.78 is 12.9. The summed E-state index contributed by atoms with van der Waals surface area (Å²) in [7, 11) is 0. The minimum Gasteiger partial charge on any atom is -0.508 e. The molecule has 0 atom stereocenters. The molecule has 0 spiro atoms. The molecule has 0 radical (unpaired) electrons. The van der Waals surface area contributed by atoms with E-state index in [0.29, 0.717) is 11.3 Å². The highest BCUT2D eigenvalue weighted by molar-refractivity contribution is 7.99. The zero-order chi connectivity index (χ0) is 14.8. The molecule has 0 aliphatic carbocycles. The lowest BCUT2D eigenvalue weighted by atomic mass is 10.1. The van der Waals surface area contributed by atoms with Crippen LogP contribution in [0.25, 0.3) is 11.3 Å². The molecule has 0 amide bonds. The second kappa shape index (κ2) is 5.49. The van der Waals surface area contributed by atoms with Crippen LogP contribution in [0.2, 0.25) is 0 Å². The maximum atomic E-state index is 12.9. The molecule has 0 bridgehead atoms.